The molecule has 110 valence electrons. The van der Waals surface area contributed by atoms with Gasteiger partial charge in [-0.1, -0.05) is 19.8 Å². The zero-order valence-electron chi connectivity index (χ0n) is 11.5. The van der Waals surface area contributed by atoms with E-state index >= 15 is 0 Å². The Balaban J connectivity index is 1.97. The summed E-state index contributed by atoms with van der Waals surface area (Å²) < 4.78 is 4.81. The van der Waals surface area contributed by atoms with E-state index in [4.69, 9.17) is 9.84 Å². The first kappa shape index (κ1) is 15.8. The van der Waals surface area contributed by atoms with Crippen molar-refractivity contribution in [3.05, 3.63) is 0 Å². The number of aliphatic carboxylic acids is 1. The zero-order valence-corrected chi connectivity index (χ0v) is 11.5. The summed E-state index contributed by atoms with van der Waals surface area (Å²) in [6.07, 6.45) is 4.86. The van der Waals surface area contributed by atoms with Gasteiger partial charge in [-0.2, -0.15) is 0 Å². The maximum atomic E-state index is 11.5. The molecule has 0 spiro atoms. The molecule has 0 atom stereocenters. The predicted octanol–water partition coefficient (Wildman–Crippen LogP) is 1.21. The average molecular weight is 272 g/mol. The van der Waals surface area contributed by atoms with Gasteiger partial charge in [0.25, 0.3) is 0 Å². The van der Waals surface area contributed by atoms with Crippen molar-refractivity contribution in [2.24, 2.45) is 11.8 Å². The van der Waals surface area contributed by atoms with Gasteiger partial charge in [0.2, 0.25) is 0 Å². The van der Waals surface area contributed by atoms with Crippen LogP contribution in [0.2, 0.25) is 0 Å². The number of carbonyl (C=O) groups is 2. The number of rotatable bonds is 7. The van der Waals surface area contributed by atoms with E-state index in [2.05, 4.69) is 17.6 Å². The molecule has 0 bridgehead atoms. The van der Waals surface area contributed by atoms with E-state index in [9.17, 15) is 9.59 Å². The van der Waals surface area contributed by atoms with E-state index in [1.165, 1.54) is 25.7 Å². The lowest BCUT2D eigenvalue weighted by atomic mass is 9.83. The Bertz CT molecular complexity index is 288. The van der Waals surface area contributed by atoms with Crippen LogP contribution in [-0.4, -0.2) is 43.4 Å². The molecular formula is C13H24N2O4. The van der Waals surface area contributed by atoms with Gasteiger partial charge in [0.15, 0.2) is 0 Å². The van der Waals surface area contributed by atoms with Gasteiger partial charge >= 0.3 is 12.0 Å². The number of hydrogen-bond acceptors (Lipinski definition) is 3. The number of carboxylic acids is 1. The molecule has 0 heterocycles. The molecule has 0 aliphatic heterocycles. The number of amides is 2. The van der Waals surface area contributed by atoms with Crippen molar-refractivity contribution in [2.75, 3.05) is 26.3 Å². The minimum Gasteiger partial charge on any atom is -0.480 e. The van der Waals surface area contributed by atoms with Crippen molar-refractivity contribution in [1.29, 1.82) is 0 Å². The Morgan fingerprint density at radius 1 is 1.21 bits per heavy atom. The summed E-state index contributed by atoms with van der Waals surface area (Å²) in [5.74, 6) is 0.401. The molecule has 3 N–H and O–H groups in total. The fourth-order valence-corrected chi connectivity index (χ4v) is 2.23. The van der Waals surface area contributed by atoms with E-state index in [1.54, 1.807) is 0 Å². The van der Waals surface area contributed by atoms with Gasteiger partial charge < -0.3 is 20.5 Å². The predicted molar refractivity (Wildman–Crippen MR) is 71.0 cm³/mol. The summed E-state index contributed by atoms with van der Waals surface area (Å²) in [6, 6.07) is -0.211. The van der Waals surface area contributed by atoms with Gasteiger partial charge in [-0.25, -0.2) is 9.59 Å². The fraction of sp³-hybridized carbons (Fsp3) is 0.846. The molecule has 1 aliphatic rings. The van der Waals surface area contributed by atoms with Crippen molar-refractivity contribution in [2.45, 2.75) is 32.6 Å². The summed E-state index contributed by atoms with van der Waals surface area (Å²) in [5, 5.41) is 13.8. The lowest BCUT2D eigenvalue weighted by Crippen LogP contribution is -2.40. The molecule has 0 aromatic heterocycles. The number of hydrogen-bond donors (Lipinski definition) is 3. The van der Waals surface area contributed by atoms with Gasteiger partial charge in [-0.15, -0.1) is 0 Å². The van der Waals surface area contributed by atoms with Crippen LogP contribution in [0.15, 0.2) is 0 Å². The van der Waals surface area contributed by atoms with E-state index in [0.29, 0.717) is 19.0 Å². The summed E-state index contributed by atoms with van der Waals surface area (Å²) in [7, 11) is 0. The third-order valence-corrected chi connectivity index (χ3v) is 3.44. The Morgan fingerprint density at radius 3 is 2.53 bits per heavy atom. The van der Waals surface area contributed by atoms with Crippen LogP contribution in [0.4, 0.5) is 4.79 Å². The molecule has 0 aromatic rings. The molecule has 1 aliphatic carbocycles. The van der Waals surface area contributed by atoms with E-state index < -0.39 is 5.97 Å². The summed E-state index contributed by atoms with van der Waals surface area (Å²) in [5.41, 5.74) is 0. The van der Waals surface area contributed by atoms with Gasteiger partial charge in [-0.05, 0) is 24.7 Å². The van der Waals surface area contributed by atoms with Crippen molar-refractivity contribution < 1.29 is 19.4 Å². The average Bonchev–Trinajstić information content (AvgIpc) is 2.37. The number of nitrogens with one attached hydrogen (secondary N) is 2. The Morgan fingerprint density at radius 2 is 1.89 bits per heavy atom. The number of urea groups is 1. The highest BCUT2D eigenvalue weighted by molar-refractivity contribution is 5.73. The first-order valence-corrected chi connectivity index (χ1v) is 6.89. The molecule has 1 fully saturated rings. The van der Waals surface area contributed by atoms with Crippen LogP contribution in [0.25, 0.3) is 0 Å². The molecule has 0 radical (unpaired) electrons. The van der Waals surface area contributed by atoms with Crippen molar-refractivity contribution in [3.63, 3.8) is 0 Å². The maximum Gasteiger partial charge on any atom is 0.329 e. The van der Waals surface area contributed by atoms with E-state index in [0.717, 1.165) is 5.92 Å². The van der Waals surface area contributed by atoms with Crippen LogP contribution >= 0.6 is 0 Å². The van der Waals surface area contributed by atoms with E-state index in [1.807, 2.05) is 0 Å². The molecule has 6 nitrogen and oxygen atoms in total. The fourth-order valence-electron chi connectivity index (χ4n) is 2.23. The zero-order chi connectivity index (χ0) is 14.1. The summed E-state index contributed by atoms with van der Waals surface area (Å²) in [4.78, 5) is 21.6. The minimum atomic E-state index is -1.00. The van der Waals surface area contributed by atoms with Crippen molar-refractivity contribution in [1.82, 2.24) is 10.6 Å². The second-order valence-electron chi connectivity index (χ2n) is 5.21. The molecule has 2 amide bonds. The second kappa shape index (κ2) is 8.74. The number of carbonyl (C=O) groups excluding carboxylic acids is 1. The third kappa shape index (κ3) is 7.66. The molecule has 0 saturated heterocycles. The molecule has 0 unspecified atom stereocenters. The van der Waals surface area contributed by atoms with Crippen LogP contribution in [0.1, 0.15) is 32.6 Å². The quantitative estimate of drug-likeness (QED) is 0.608. The molecule has 6 heteroatoms. The Labute approximate surface area is 113 Å². The van der Waals surface area contributed by atoms with Crippen LogP contribution in [-0.2, 0) is 9.53 Å². The SMILES string of the molecule is CC1CCC(CNC(=O)NCCOCC(=O)O)CC1. The third-order valence-electron chi connectivity index (χ3n) is 3.44. The molecular weight excluding hydrogens is 248 g/mol. The highest BCUT2D eigenvalue weighted by Gasteiger charge is 2.18. The van der Waals surface area contributed by atoms with Crippen LogP contribution in [0.5, 0.6) is 0 Å². The number of carboxylic acid groups (broad SMARTS) is 1. The second-order valence-corrected chi connectivity index (χ2v) is 5.21. The first-order chi connectivity index (χ1) is 9.08. The van der Waals surface area contributed by atoms with Crippen molar-refractivity contribution in [3.8, 4) is 0 Å². The molecule has 0 aromatic carbocycles. The normalized spacial score (nSPS) is 22.8. The summed E-state index contributed by atoms with van der Waals surface area (Å²) in [6.45, 7) is 3.19. The lowest BCUT2D eigenvalue weighted by Gasteiger charge is -2.26. The largest absolute Gasteiger partial charge is 0.480 e. The van der Waals surface area contributed by atoms with Crippen LogP contribution in [0.3, 0.4) is 0 Å². The number of ether oxygens (including phenoxy) is 1. The van der Waals surface area contributed by atoms with Crippen LogP contribution in [0, 0.1) is 11.8 Å². The van der Waals surface area contributed by atoms with Gasteiger partial charge in [-0.3, -0.25) is 0 Å². The maximum absolute atomic E-state index is 11.5. The smallest absolute Gasteiger partial charge is 0.329 e. The highest BCUT2D eigenvalue weighted by atomic mass is 16.5. The monoisotopic (exact) mass is 272 g/mol. The van der Waals surface area contributed by atoms with Crippen molar-refractivity contribution >= 4 is 12.0 Å². The molecule has 19 heavy (non-hydrogen) atoms. The highest BCUT2D eigenvalue weighted by Crippen LogP contribution is 2.27. The topological polar surface area (TPSA) is 87.7 Å². The summed E-state index contributed by atoms with van der Waals surface area (Å²) >= 11 is 0. The van der Waals surface area contributed by atoms with Gasteiger partial charge in [0.1, 0.15) is 6.61 Å². The standard InChI is InChI=1S/C13H24N2O4/c1-10-2-4-11(5-3-10)8-15-13(18)14-6-7-19-9-12(16)17/h10-11H,2-9H2,1H3,(H,16,17)(H2,14,15,18). The molecule has 1 rings (SSSR count). The van der Waals surface area contributed by atoms with Crippen LogP contribution < -0.4 is 10.6 Å². The molecule has 1 saturated carbocycles. The van der Waals surface area contributed by atoms with E-state index in [-0.39, 0.29) is 19.2 Å². The van der Waals surface area contributed by atoms with Gasteiger partial charge in [0, 0.05) is 13.1 Å². The Kier molecular flexibility index (Phi) is 7.25. The lowest BCUT2D eigenvalue weighted by molar-refractivity contribution is -0.142. The Hall–Kier alpha value is -1.30. The minimum absolute atomic E-state index is 0.209. The van der Waals surface area contributed by atoms with Gasteiger partial charge in [0.05, 0.1) is 6.61 Å². The first-order valence-electron chi connectivity index (χ1n) is 6.89.